The number of rotatable bonds is 3. The third kappa shape index (κ3) is 2.73. The minimum atomic E-state index is -0.741. The lowest BCUT2D eigenvalue weighted by Gasteiger charge is -2.28. The average molecular weight is 363 g/mol. The summed E-state index contributed by atoms with van der Waals surface area (Å²) in [5.41, 5.74) is 7.43. The molecule has 3 heterocycles. The SMILES string of the molecule is CCOC(=O)C1=C(N)Oc2c(c(=O)[nH]c3ccccc23)[C@H]1c1cccnc1. The first kappa shape index (κ1) is 16.8. The molecular weight excluding hydrogens is 346 g/mol. The molecule has 27 heavy (non-hydrogen) atoms. The molecule has 3 aromatic rings. The summed E-state index contributed by atoms with van der Waals surface area (Å²) in [5, 5.41) is 0.701. The zero-order chi connectivity index (χ0) is 19.0. The molecule has 0 bridgehead atoms. The molecule has 0 spiro atoms. The molecule has 1 atom stereocenters. The van der Waals surface area contributed by atoms with Gasteiger partial charge >= 0.3 is 5.97 Å². The molecule has 0 fully saturated rings. The molecule has 0 saturated carbocycles. The molecule has 4 rings (SSSR count). The third-order valence-electron chi connectivity index (χ3n) is 4.48. The molecule has 0 unspecified atom stereocenters. The predicted octanol–water partition coefficient (Wildman–Crippen LogP) is 2.18. The van der Waals surface area contributed by atoms with E-state index < -0.39 is 11.9 Å². The smallest absolute Gasteiger partial charge is 0.340 e. The van der Waals surface area contributed by atoms with Crippen LogP contribution in [0.3, 0.4) is 0 Å². The molecule has 0 aliphatic carbocycles. The molecule has 3 N–H and O–H groups in total. The second-order valence-corrected chi connectivity index (χ2v) is 6.06. The minimum Gasteiger partial charge on any atom is -0.462 e. The van der Waals surface area contributed by atoms with Crippen LogP contribution < -0.4 is 16.0 Å². The number of nitrogens with zero attached hydrogens (tertiary/aromatic N) is 1. The second kappa shape index (κ2) is 6.60. The molecule has 0 amide bonds. The summed E-state index contributed by atoms with van der Waals surface area (Å²) in [4.78, 5) is 32.5. The van der Waals surface area contributed by atoms with E-state index in [-0.39, 0.29) is 23.6 Å². The Bertz CT molecular complexity index is 1120. The van der Waals surface area contributed by atoms with E-state index in [2.05, 4.69) is 9.97 Å². The number of aromatic amines is 1. The van der Waals surface area contributed by atoms with Gasteiger partial charge in [0.15, 0.2) is 0 Å². The maximum absolute atomic E-state index is 12.9. The molecule has 2 aromatic heterocycles. The van der Waals surface area contributed by atoms with Crippen molar-refractivity contribution in [2.45, 2.75) is 12.8 Å². The van der Waals surface area contributed by atoms with E-state index in [1.165, 1.54) is 0 Å². The first-order valence-corrected chi connectivity index (χ1v) is 8.51. The standard InChI is InChI=1S/C20H17N3O4/c1-2-26-20(25)16-14(11-6-5-9-22-10-11)15-17(27-18(16)21)12-7-3-4-8-13(12)23-19(15)24/h3-10,14H,2,21H2,1H3,(H,23,24)/t14-/m1/s1. The highest BCUT2D eigenvalue weighted by molar-refractivity contribution is 5.95. The number of carbonyl (C=O) groups is 1. The van der Waals surface area contributed by atoms with Gasteiger partial charge in [-0.05, 0) is 30.7 Å². The van der Waals surface area contributed by atoms with Crippen molar-refractivity contribution in [1.82, 2.24) is 9.97 Å². The van der Waals surface area contributed by atoms with Crippen molar-refractivity contribution in [1.29, 1.82) is 0 Å². The number of pyridine rings is 2. The molecular formula is C20H17N3O4. The summed E-state index contributed by atoms with van der Waals surface area (Å²) in [6.07, 6.45) is 3.21. The van der Waals surface area contributed by atoms with Crippen molar-refractivity contribution in [2.75, 3.05) is 6.61 Å². The van der Waals surface area contributed by atoms with Crippen LogP contribution in [0.25, 0.3) is 10.9 Å². The Morgan fingerprint density at radius 1 is 1.30 bits per heavy atom. The van der Waals surface area contributed by atoms with Gasteiger partial charge in [0.1, 0.15) is 11.3 Å². The van der Waals surface area contributed by atoms with Gasteiger partial charge in [0.25, 0.3) is 5.56 Å². The number of benzene rings is 1. The summed E-state index contributed by atoms with van der Waals surface area (Å²) in [6, 6.07) is 10.8. The molecule has 1 aliphatic rings. The molecule has 0 saturated heterocycles. The van der Waals surface area contributed by atoms with Crippen LogP contribution in [-0.4, -0.2) is 22.5 Å². The van der Waals surface area contributed by atoms with Crippen LogP contribution in [0.2, 0.25) is 0 Å². The largest absolute Gasteiger partial charge is 0.462 e. The summed E-state index contributed by atoms with van der Waals surface area (Å²) in [6.45, 7) is 1.88. The maximum atomic E-state index is 12.9. The predicted molar refractivity (Wildman–Crippen MR) is 99.1 cm³/mol. The van der Waals surface area contributed by atoms with E-state index in [9.17, 15) is 9.59 Å². The van der Waals surface area contributed by atoms with Crippen molar-refractivity contribution in [2.24, 2.45) is 5.73 Å². The van der Waals surface area contributed by atoms with Crippen molar-refractivity contribution < 1.29 is 14.3 Å². The van der Waals surface area contributed by atoms with Crippen LogP contribution in [0.4, 0.5) is 0 Å². The fourth-order valence-electron chi connectivity index (χ4n) is 3.36. The Morgan fingerprint density at radius 3 is 2.85 bits per heavy atom. The number of nitrogens with two attached hydrogens (primary N) is 1. The lowest BCUT2D eigenvalue weighted by molar-refractivity contribution is -0.139. The van der Waals surface area contributed by atoms with Crippen LogP contribution >= 0.6 is 0 Å². The lowest BCUT2D eigenvalue weighted by Crippen LogP contribution is -2.32. The van der Waals surface area contributed by atoms with Gasteiger partial charge in [-0.1, -0.05) is 18.2 Å². The molecule has 0 radical (unpaired) electrons. The number of nitrogens with one attached hydrogen (secondary N) is 1. The van der Waals surface area contributed by atoms with Crippen LogP contribution in [0.1, 0.15) is 24.0 Å². The van der Waals surface area contributed by atoms with Gasteiger partial charge in [-0.2, -0.15) is 0 Å². The van der Waals surface area contributed by atoms with E-state index in [0.29, 0.717) is 27.8 Å². The monoisotopic (exact) mass is 363 g/mol. The summed E-state index contributed by atoms with van der Waals surface area (Å²) in [5.74, 6) is -1.10. The number of hydrogen-bond donors (Lipinski definition) is 2. The number of carbonyl (C=O) groups excluding carboxylic acids is 1. The number of ether oxygens (including phenoxy) is 2. The second-order valence-electron chi connectivity index (χ2n) is 6.06. The first-order chi connectivity index (χ1) is 13.1. The molecule has 1 aromatic carbocycles. The lowest BCUT2D eigenvalue weighted by atomic mass is 9.83. The third-order valence-corrected chi connectivity index (χ3v) is 4.48. The van der Waals surface area contributed by atoms with Gasteiger partial charge in [-0.25, -0.2) is 4.79 Å². The minimum absolute atomic E-state index is 0.0782. The van der Waals surface area contributed by atoms with Gasteiger partial charge in [0.05, 0.1) is 23.6 Å². The van der Waals surface area contributed by atoms with Crippen molar-refractivity contribution in [3.63, 3.8) is 0 Å². The Kier molecular flexibility index (Phi) is 4.12. The Balaban J connectivity index is 2.04. The molecule has 7 nitrogen and oxygen atoms in total. The molecule has 136 valence electrons. The topological polar surface area (TPSA) is 107 Å². The summed E-state index contributed by atoms with van der Waals surface area (Å²) >= 11 is 0. The van der Waals surface area contributed by atoms with Gasteiger partial charge in [-0.15, -0.1) is 0 Å². The number of hydrogen-bond acceptors (Lipinski definition) is 6. The van der Waals surface area contributed by atoms with Crippen LogP contribution in [0.15, 0.2) is 65.0 Å². The first-order valence-electron chi connectivity index (χ1n) is 8.51. The van der Waals surface area contributed by atoms with E-state index in [1.807, 2.05) is 18.2 Å². The van der Waals surface area contributed by atoms with Gasteiger partial charge < -0.3 is 20.2 Å². The van der Waals surface area contributed by atoms with Crippen LogP contribution in [0, 0.1) is 0 Å². The number of esters is 1. The van der Waals surface area contributed by atoms with Crippen molar-refractivity contribution in [3.05, 3.63) is 81.7 Å². The fraction of sp³-hybridized carbons (Fsp3) is 0.150. The maximum Gasteiger partial charge on any atom is 0.340 e. The Morgan fingerprint density at radius 2 is 2.11 bits per heavy atom. The highest BCUT2D eigenvalue weighted by Crippen LogP contribution is 2.43. The van der Waals surface area contributed by atoms with Gasteiger partial charge in [0, 0.05) is 17.8 Å². The number of aromatic nitrogens is 2. The summed E-state index contributed by atoms with van der Waals surface area (Å²) in [7, 11) is 0. The van der Waals surface area contributed by atoms with Gasteiger partial charge in [-0.3, -0.25) is 9.78 Å². The zero-order valence-corrected chi connectivity index (χ0v) is 14.6. The zero-order valence-electron chi connectivity index (χ0n) is 14.6. The van der Waals surface area contributed by atoms with E-state index in [0.717, 1.165) is 0 Å². The Hall–Kier alpha value is -3.61. The fourth-order valence-corrected chi connectivity index (χ4v) is 3.36. The average Bonchev–Trinajstić information content (AvgIpc) is 2.68. The number of fused-ring (bicyclic) bond motifs is 3. The van der Waals surface area contributed by atoms with E-state index in [4.69, 9.17) is 15.2 Å². The van der Waals surface area contributed by atoms with E-state index >= 15 is 0 Å². The van der Waals surface area contributed by atoms with Crippen molar-refractivity contribution in [3.8, 4) is 5.75 Å². The number of H-pyrrole nitrogens is 1. The molecule has 7 heteroatoms. The van der Waals surface area contributed by atoms with E-state index in [1.54, 1.807) is 37.5 Å². The van der Waals surface area contributed by atoms with Crippen LogP contribution in [0.5, 0.6) is 5.75 Å². The Labute approximate surface area is 154 Å². The summed E-state index contributed by atoms with van der Waals surface area (Å²) < 4.78 is 10.9. The highest BCUT2D eigenvalue weighted by Gasteiger charge is 2.38. The van der Waals surface area contributed by atoms with Crippen molar-refractivity contribution >= 4 is 16.9 Å². The molecule has 1 aliphatic heterocycles. The highest BCUT2D eigenvalue weighted by atomic mass is 16.5. The van der Waals surface area contributed by atoms with Gasteiger partial charge in [0.2, 0.25) is 5.88 Å². The number of para-hydroxylation sites is 1. The normalized spacial score (nSPS) is 16.0. The quantitative estimate of drug-likeness (QED) is 0.691. The van der Waals surface area contributed by atoms with Crippen LogP contribution in [-0.2, 0) is 9.53 Å².